The van der Waals surface area contributed by atoms with Crippen molar-refractivity contribution in [2.45, 2.75) is 38.1 Å². The predicted molar refractivity (Wildman–Crippen MR) is 115 cm³/mol. The van der Waals surface area contributed by atoms with E-state index in [1.54, 1.807) is 31.3 Å². The molecule has 1 saturated heterocycles. The maximum absolute atomic E-state index is 13.1. The summed E-state index contributed by atoms with van der Waals surface area (Å²) in [6.45, 7) is 0.641. The predicted octanol–water partition coefficient (Wildman–Crippen LogP) is 2.46. The van der Waals surface area contributed by atoms with Crippen LogP contribution in [-0.4, -0.2) is 31.5 Å². The topological polar surface area (TPSA) is 77.2 Å². The molecular weight excluding hydrogens is 399 g/mol. The first-order chi connectivity index (χ1) is 14.9. The number of halogens is 1. The minimum atomic E-state index is -0.432. The molecule has 7 nitrogen and oxygen atoms in total. The molecule has 0 bridgehead atoms. The van der Waals surface area contributed by atoms with Gasteiger partial charge in [-0.2, -0.15) is 0 Å². The number of aromatic nitrogens is 3. The third kappa shape index (κ3) is 4.02. The summed E-state index contributed by atoms with van der Waals surface area (Å²) in [6, 6.07) is 9.47. The van der Waals surface area contributed by atoms with Gasteiger partial charge in [-0.15, -0.1) is 0 Å². The van der Waals surface area contributed by atoms with Crippen molar-refractivity contribution in [3.05, 3.63) is 74.3 Å². The molecule has 0 saturated carbocycles. The minimum absolute atomic E-state index is 0.0220. The van der Waals surface area contributed by atoms with E-state index >= 15 is 0 Å². The van der Waals surface area contributed by atoms with Crippen LogP contribution in [0.3, 0.4) is 0 Å². The number of aryl methyl sites for hydroxylation is 2. The second kappa shape index (κ2) is 8.45. The molecular formula is C23H25FN4O3. The fourth-order valence-corrected chi connectivity index (χ4v) is 4.24. The highest BCUT2D eigenvalue weighted by molar-refractivity contribution is 5.78. The Morgan fingerprint density at radius 1 is 1.06 bits per heavy atom. The largest absolute Gasteiger partial charge is 0.334 e. The Morgan fingerprint density at radius 3 is 2.55 bits per heavy atom. The molecule has 0 N–H and O–H groups in total. The number of pyridine rings is 1. The number of rotatable bonds is 4. The van der Waals surface area contributed by atoms with E-state index in [2.05, 4.69) is 4.98 Å². The number of piperidine rings is 1. The summed E-state index contributed by atoms with van der Waals surface area (Å²) in [4.78, 5) is 44.2. The van der Waals surface area contributed by atoms with Crippen LogP contribution in [-0.2, 0) is 25.3 Å². The van der Waals surface area contributed by atoms with Crippen LogP contribution in [0.1, 0.15) is 43.0 Å². The van der Waals surface area contributed by atoms with Crippen molar-refractivity contribution in [3.8, 4) is 0 Å². The number of carbonyl (C=O) groups excluding carboxylic acids is 1. The molecule has 0 aliphatic carbocycles. The van der Waals surface area contributed by atoms with Crippen molar-refractivity contribution < 1.29 is 9.18 Å². The van der Waals surface area contributed by atoms with Crippen LogP contribution in [0.5, 0.6) is 0 Å². The van der Waals surface area contributed by atoms with Crippen molar-refractivity contribution in [3.63, 3.8) is 0 Å². The van der Waals surface area contributed by atoms with Crippen LogP contribution in [0.25, 0.3) is 11.0 Å². The molecule has 162 valence electrons. The molecule has 1 amide bonds. The molecule has 0 radical (unpaired) electrons. The fourth-order valence-electron chi connectivity index (χ4n) is 4.24. The standard InChI is InChI=1S/C23H25FN4O3/c1-26-21-17(22(30)27(2)23(26)31)11-12-18(25-21)19-5-3-4-14-28(19)20(29)13-8-15-6-9-16(24)10-7-15/h6-7,9-12,19H,3-5,8,13-14H2,1-2H3/t19-/m0/s1. The van der Waals surface area contributed by atoms with Gasteiger partial charge in [-0.25, -0.2) is 14.2 Å². The van der Waals surface area contributed by atoms with E-state index in [1.807, 2.05) is 4.90 Å². The molecule has 1 aliphatic rings. The molecule has 1 aromatic carbocycles. The summed E-state index contributed by atoms with van der Waals surface area (Å²) in [6.07, 6.45) is 3.54. The van der Waals surface area contributed by atoms with E-state index in [9.17, 15) is 18.8 Å². The molecule has 0 spiro atoms. The van der Waals surface area contributed by atoms with Crippen LogP contribution in [0.15, 0.2) is 46.0 Å². The van der Waals surface area contributed by atoms with E-state index in [0.717, 1.165) is 29.4 Å². The lowest BCUT2D eigenvalue weighted by Crippen LogP contribution is -2.40. The first-order valence-corrected chi connectivity index (χ1v) is 10.5. The fraction of sp³-hybridized carbons (Fsp3) is 0.391. The molecule has 8 heteroatoms. The van der Waals surface area contributed by atoms with Crippen LogP contribution in [0.4, 0.5) is 4.39 Å². The third-order valence-corrected chi connectivity index (χ3v) is 6.03. The Morgan fingerprint density at radius 2 is 1.81 bits per heavy atom. The van der Waals surface area contributed by atoms with Gasteiger partial charge in [0.1, 0.15) is 11.5 Å². The van der Waals surface area contributed by atoms with Crippen molar-refractivity contribution in [1.82, 2.24) is 19.0 Å². The lowest BCUT2D eigenvalue weighted by Gasteiger charge is -2.35. The summed E-state index contributed by atoms with van der Waals surface area (Å²) >= 11 is 0. The summed E-state index contributed by atoms with van der Waals surface area (Å²) in [5.74, 6) is -0.272. The zero-order chi connectivity index (χ0) is 22.1. The van der Waals surface area contributed by atoms with Gasteiger partial charge in [0.05, 0.1) is 17.1 Å². The van der Waals surface area contributed by atoms with Gasteiger partial charge in [-0.1, -0.05) is 12.1 Å². The Bertz CT molecular complexity index is 1250. The van der Waals surface area contributed by atoms with Crippen molar-refractivity contribution in [2.24, 2.45) is 14.1 Å². The quantitative estimate of drug-likeness (QED) is 0.645. The van der Waals surface area contributed by atoms with Crippen LogP contribution in [0.2, 0.25) is 0 Å². The Hall–Kier alpha value is -3.29. The van der Waals surface area contributed by atoms with Gasteiger partial charge >= 0.3 is 5.69 Å². The third-order valence-electron chi connectivity index (χ3n) is 6.03. The summed E-state index contributed by atoms with van der Waals surface area (Å²) in [5, 5.41) is 0.373. The highest BCUT2D eigenvalue weighted by Crippen LogP contribution is 2.31. The molecule has 3 aromatic rings. The lowest BCUT2D eigenvalue weighted by atomic mass is 9.97. The van der Waals surface area contributed by atoms with E-state index in [0.29, 0.717) is 36.1 Å². The normalized spacial score (nSPS) is 16.6. The summed E-state index contributed by atoms with van der Waals surface area (Å²) in [7, 11) is 3.04. The minimum Gasteiger partial charge on any atom is -0.334 e. The van der Waals surface area contributed by atoms with Crippen molar-refractivity contribution in [2.75, 3.05) is 6.54 Å². The maximum atomic E-state index is 13.1. The molecule has 1 atom stereocenters. The van der Waals surface area contributed by atoms with Gasteiger partial charge in [0.2, 0.25) is 5.91 Å². The van der Waals surface area contributed by atoms with E-state index in [4.69, 9.17) is 0 Å². The van der Waals surface area contributed by atoms with Gasteiger partial charge < -0.3 is 4.90 Å². The molecule has 3 heterocycles. The molecule has 31 heavy (non-hydrogen) atoms. The van der Waals surface area contributed by atoms with Crippen LogP contribution >= 0.6 is 0 Å². The smallest absolute Gasteiger partial charge is 0.332 e. The number of fused-ring (bicyclic) bond motifs is 1. The zero-order valence-electron chi connectivity index (χ0n) is 17.7. The number of carbonyl (C=O) groups is 1. The van der Waals surface area contributed by atoms with Gasteiger partial charge in [0, 0.05) is 27.1 Å². The number of likely N-dealkylation sites (tertiary alicyclic amines) is 1. The van der Waals surface area contributed by atoms with Crippen LogP contribution < -0.4 is 11.2 Å². The SMILES string of the molecule is Cn1c(=O)c2ccc([C@@H]3CCCCN3C(=O)CCc3ccc(F)cc3)nc2n(C)c1=O. The zero-order valence-corrected chi connectivity index (χ0v) is 17.7. The highest BCUT2D eigenvalue weighted by Gasteiger charge is 2.29. The van der Waals surface area contributed by atoms with Gasteiger partial charge in [0.25, 0.3) is 5.56 Å². The average Bonchev–Trinajstić information content (AvgIpc) is 2.80. The Balaban J connectivity index is 1.61. The second-order valence-electron chi connectivity index (χ2n) is 8.04. The summed E-state index contributed by atoms with van der Waals surface area (Å²) in [5.41, 5.74) is 1.12. The first-order valence-electron chi connectivity index (χ1n) is 10.5. The molecule has 2 aromatic heterocycles. The molecule has 1 aliphatic heterocycles. The highest BCUT2D eigenvalue weighted by atomic mass is 19.1. The van der Waals surface area contributed by atoms with E-state index in [1.165, 1.54) is 23.7 Å². The lowest BCUT2D eigenvalue weighted by molar-refractivity contribution is -0.135. The monoisotopic (exact) mass is 424 g/mol. The number of amides is 1. The maximum Gasteiger partial charge on any atom is 0.332 e. The van der Waals surface area contributed by atoms with E-state index in [-0.39, 0.29) is 23.3 Å². The number of nitrogens with zero attached hydrogens (tertiary/aromatic N) is 4. The first kappa shape index (κ1) is 21.0. The average molecular weight is 424 g/mol. The molecule has 1 fully saturated rings. The van der Waals surface area contributed by atoms with Gasteiger partial charge in [-0.3, -0.25) is 18.7 Å². The summed E-state index contributed by atoms with van der Waals surface area (Å²) < 4.78 is 15.5. The van der Waals surface area contributed by atoms with Gasteiger partial charge in [-0.05, 0) is 55.5 Å². The van der Waals surface area contributed by atoms with Crippen molar-refractivity contribution in [1.29, 1.82) is 0 Å². The Kier molecular flexibility index (Phi) is 5.71. The molecule has 4 rings (SSSR count). The van der Waals surface area contributed by atoms with E-state index < -0.39 is 5.69 Å². The number of hydrogen-bond acceptors (Lipinski definition) is 4. The number of benzene rings is 1. The second-order valence-corrected chi connectivity index (χ2v) is 8.04. The molecule has 0 unspecified atom stereocenters. The van der Waals surface area contributed by atoms with Gasteiger partial charge in [0.15, 0.2) is 0 Å². The Labute approximate surface area is 178 Å². The van der Waals surface area contributed by atoms with Crippen molar-refractivity contribution >= 4 is 16.9 Å². The number of hydrogen-bond donors (Lipinski definition) is 0. The van der Waals surface area contributed by atoms with Crippen LogP contribution in [0, 0.1) is 5.82 Å².